The predicted octanol–water partition coefficient (Wildman–Crippen LogP) is -0.914. The smallest absolute Gasteiger partial charge is 0.214 e. The normalized spacial score (nSPS) is 11.8. The molecule has 0 atom stereocenters. The lowest BCUT2D eigenvalue weighted by molar-refractivity contribution is 0.318. The Bertz CT molecular complexity index is 332. The Morgan fingerprint density at radius 2 is 2.38 bits per heavy atom. The van der Waals surface area contributed by atoms with Crippen LogP contribution in [0.3, 0.4) is 0 Å². The molecule has 74 valence electrons. The molecule has 0 unspecified atom stereocenters. The molecule has 0 aliphatic rings. The van der Waals surface area contributed by atoms with Gasteiger partial charge >= 0.3 is 0 Å². The topological polar surface area (TPSA) is 92.4 Å². The van der Waals surface area contributed by atoms with E-state index < -0.39 is 16.6 Å². The third-order valence-electron chi connectivity index (χ3n) is 1.32. The van der Waals surface area contributed by atoms with E-state index in [1.807, 2.05) is 0 Å². The van der Waals surface area contributed by atoms with Crippen LogP contribution in [0.4, 0.5) is 0 Å². The maximum Gasteiger partial charge on any atom is 0.214 e. The minimum absolute atomic E-state index is 0.0579. The summed E-state index contributed by atoms with van der Waals surface area (Å²) in [6.07, 6.45) is 1.43. The van der Waals surface area contributed by atoms with E-state index in [0.717, 1.165) is 0 Å². The van der Waals surface area contributed by atoms with Crippen molar-refractivity contribution in [3.05, 3.63) is 18.0 Å². The van der Waals surface area contributed by atoms with Gasteiger partial charge in [-0.25, -0.2) is 13.1 Å². The second kappa shape index (κ2) is 4.35. The van der Waals surface area contributed by atoms with Crippen molar-refractivity contribution in [2.45, 2.75) is 6.54 Å². The monoisotopic (exact) mass is 206 g/mol. The van der Waals surface area contributed by atoms with Gasteiger partial charge in [0.15, 0.2) is 5.76 Å². The fourth-order valence-corrected chi connectivity index (χ4v) is 1.45. The summed E-state index contributed by atoms with van der Waals surface area (Å²) in [7, 11) is -3.40. The number of nitrogens with one attached hydrogen (secondary N) is 1. The van der Waals surface area contributed by atoms with Crippen LogP contribution in [0.5, 0.6) is 0 Å². The zero-order valence-electron chi connectivity index (χ0n) is 6.80. The minimum atomic E-state index is -3.40. The molecule has 1 heterocycles. The van der Waals surface area contributed by atoms with Crippen LogP contribution < -0.4 is 4.72 Å². The Morgan fingerprint density at radius 3 is 2.92 bits per heavy atom. The van der Waals surface area contributed by atoms with E-state index in [2.05, 4.69) is 14.4 Å². The van der Waals surface area contributed by atoms with E-state index in [1.165, 1.54) is 6.20 Å². The fraction of sp³-hybridized carbons (Fsp3) is 0.500. The molecule has 1 rings (SSSR count). The fourth-order valence-electron chi connectivity index (χ4n) is 0.707. The molecule has 2 N–H and O–H groups in total. The van der Waals surface area contributed by atoms with E-state index in [4.69, 9.17) is 5.11 Å². The maximum atomic E-state index is 11.0. The van der Waals surface area contributed by atoms with E-state index in [1.54, 1.807) is 6.07 Å². The van der Waals surface area contributed by atoms with E-state index in [-0.39, 0.29) is 12.3 Å². The molecule has 13 heavy (non-hydrogen) atoms. The van der Waals surface area contributed by atoms with Crippen LogP contribution in [-0.2, 0) is 16.6 Å². The lowest BCUT2D eigenvalue weighted by Gasteiger charge is -2.01. The van der Waals surface area contributed by atoms with Crippen LogP contribution in [0.1, 0.15) is 5.76 Å². The summed E-state index contributed by atoms with van der Waals surface area (Å²) in [5, 5.41) is 11.8. The Morgan fingerprint density at radius 1 is 1.62 bits per heavy atom. The molecule has 7 heteroatoms. The SMILES string of the molecule is O=S(=O)(CCO)NCc1ccno1. The lowest BCUT2D eigenvalue weighted by atomic mass is 10.5. The van der Waals surface area contributed by atoms with Crippen molar-refractivity contribution in [1.82, 2.24) is 9.88 Å². The molecule has 0 fully saturated rings. The number of rotatable bonds is 5. The van der Waals surface area contributed by atoms with Crippen LogP contribution in [0.25, 0.3) is 0 Å². The quantitative estimate of drug-likeness (QED) is 0.650. The molecule has 0 radical (unpaired) electrons. The van der Waals surface area contributed by atoms with Crippen molar-refractivity contribution in [3.63, 3.8) is 0 Å². The van der Waals surface area contributed by atoms with Gasteiger partial charge < -0.3 is 9.63 Å². The van der Waals surface area contributed by atoms with Gasteiger partial charge in [0.1, 0.15) is 0 Å². The maximum absolute atomic E-state index is 11.0. The van der Waals surface area contributed by atoms with Gasteiger partial charge in [-0.15, -0.1) is 0 Å². The van der Waals surface area contributed by atoms with E-state index >= 15 is 0 Å². The van der Waals surface area contributed by atoms with Crippen molar-refractivity contribution in [2.24, 2.45) is 0 Å². The van der Waals surface area contributed by atoms with Gasteiger partial charge in [-0.05, 0) is 0 Å². The van der Waals surface area contributed by atoms with Gasteiger partial charge in [-0.3, -0.25) is 0 Å². The molecular formula is C6H10N2O4S. The Kier molecular flexibility index (Phi) is 3.40. The summed E-state index contributed by atoms with van der Waals surface area (Å²) in [5.74, 6) is 0.128. The molecule has 0 bridgehead atoms. The zero-order chi connectivity index (χ0) is 9.73. The number of aromatic nitrogens is 1. The average molecular weight is 206 g/mol. The Balaban J connectivity index is 2.43. The Hall–Kier alpha value is -0.920. The molecule has 0 aliphatic carbocycles. The highest BCUT2D eigenvalue weighted by Crippen LogP contribution is 1.96. The highest BCUT2D eigenvalue weighted by Gasteiger charge is 2.09. The standard InChI is InChI=1S/C6H10N2O4S/c9-3-4-13(10,11)8-5-6-1-2-7-12-6/h1-2,8-9H,3-5H2. The number of nitrogens with zero attached hydrogens (tertiary/aromatic N) is 1. The highest BCUT2D eigenvalue weighted by molar-refractivity contribution is 7.89. The van der Waals surface area contributed by atoms with Crippen molar-refractivity contribution in [2.75, 3.05) is 12.4 Å². The van der Waals surface area contributed by atoms with Crippen LogP contribution >= 0.6 is 0 Å². The van der Waals surface area contributed by atoms with Crippen LogP contribution in [-0.4, -0.2) is 31.0 Å². The summed E-state index contributed by atoms with van der Waals surface area (Å²) < 4.78 is 28.9. The third kappa shape index (κ3) is 3.53. The van der Waals surface area contributed by atoms with Crippen LogP contribution in [0.15, 0.2) is 16.8 Å². The molecule has 0 saturated carbocycles. The number of aliphatic hydroxyl groups is 1. The lowest BCUT2D eigenvalue weighted by Crippen LogP contribution is -2.27. The Labute approximate surface area is 75.6 Å². The third-order valence-corrected chi connectivity index (χ3v) is 2.62. The van der Waals surface area contributed by atoms with Crippen LogP contribution in [0.2, 0.25) is 0 Å². The first-order chi connectivity index (χ1) is 6.14. The molecule has 0 aliphatic heterocycles. The second-order valence-corrected chi connectivity index (χ2v) is 4.27. The molecule has 1 aromatic heterocycles. The highest BCUT2D eigenvalue weighted by atomic mass is 32.2. The summed E-state index contributed by atoms with van der Waals surface area (Å²) in [6, 6.07) is 1.56. The largest absolute Gasteiger partial charge is 0.395 e. The molecule has 0 saturated heterocycles. The molecule has 0 aromatic carbocycles. The van der Waals surface area contributed by atoms with Crippen molar-refractivity contribution < 1.29 is 18.0 Å². The number of hydrogen-bond donors (Lipinski definition) is 2. The van der Waals surface area contributed by atoms with Gasteiger partial charge in [0.2, 0.25) is 10.0 Å². The number of aliphatic hydroxyl groups excluding tert-OH is 1. The summed E-state index contributed by atoms with van der Waals surface area (Å²) in [4.78, 5) is 0. The molecular weight excluding hydrogens is 196 g/mol. The zero-order valence-corrected chi connectivity index (χ0v) is 7.62. The van der Waals surface area contributed by atoms with Crippen molar-refractivity contribution in [1.29, 1.82) is 0 Å². The number of sulfonamides is 1. The second-order valence-electron chi connectivity index (χ2n) is 2.34. The summed E-state index contributed by atoms with van der Waals surface area (Å²) in [5.41, 5.74) is 0. The van der Waals surface area contributed by atoms with Gasteiger partial charge in [0.25, 0.3) is 0 Å². The molecule has 6 nitrogen and oxygen atoms in total. The van der Waals surface area contributed by atoms with E-state index in [9.17, 15) is 8.42 Å². The molecule has 0 spiro atoms. The summed E-state index contributed by atoms with van der Waals surface area (Å²) >= 11 is 0. The minimum Gasteiger partial charge on any atom is -0.395 e. The molecule has 0 amide bonds. The first-order valence-electron chi connectivity index (χ1n) is 3.62. The van der Waals surface area contributed by atoms with Crippen molar-refractivity contribution >= 4 is 10.0 Å². The average Bonchev–Trinajstić information content (AvgIpc) is 2.52. The van der Waals surface area contributed by atoms with Crippen molar-refractivity contribution in [3.8, 4) is 0 Å². The first-order valence-corrected chi connectivity index (χ1v) is 5.27. The molecule has 1 aromatic rings. The van der Waals surface area contributed by atoms with E-state index in [0.29, 0.717) is 5.76 Å². The summed E-state index contributed by atoms with van der Waals surface area (Å²) in [6.45, 7) is -0.339. The first kappa shape index (κ1) is 10.2. The van der Waals surface area contributed by atoms with Gasteiger partial charge in [-0.2, -0.15) is 0 Å². The van der Waals surface area contributed by atoms with Gasteiger partial charge in [0, 0.05) is 6.07 Å². The van der Waals surface area contributed by atoms with Crippen LogP contribution in [0, 0.1) is 0 Å². The predicted molar refractivity (Wildman–Crippen MR) is 44.2 cm³/mol. The van der Waals surface area contributed by atoms with Gasteiger partial charge in [0.05, 0.1) is 25.1 Å². The van der Waals surface area contributed by atoms with Gasteiger partial charge in [-0.1, -0.05) is 5.16 Å². The number of hydrogen-bond acceptors (Lipinski definition) is 5.